The van der Waals surface area contributed by atoms with Crippen LogP contribution in [0.5, 0.6) is 0 Å². The summed E-state index contributed by atoms with van der Waals surface area (Å²) in [5.41, 5.74) is 0.600. The number of nitrogens with zero attached hydrogens (tertiary/aromatic N) is 2. The van der Waals surface area contributed by atoms with Gasteiger partial charge in [-0.25, -0.2) is 4.39 Å². The lowest BCUT2D eigenvalue weighted by molar-refractivity contribution is -0.136. The molecule has 25 heavy (non-hydrogen) atoms. The molecule has 4 nitrogen and oxygen atoms in total. The molecule has 1 atom stereocenters. The topological polar surface area (TPSA) is 32.8 Å². The predicted octanol–water partition coefficient (Wildman–Crippen LogP) is 2.43. The lowest BCUT2D eigenvalue weighted by atomic mass is 9.91. The smallest absolute Gasteiger partial charge is 0.233 e. The van der Waals surface area contributed by atoms with E-state index < -0.39 is 0 Å². The summed E-state index contributed by atoms with van der Waals surface area (Å²) in [6.45, 7) is 6.44. The number of morpholine rings is 1. The molecule has 1 aromatic carbocycles. The van der Waals surface area contributed by atoms with Gasteiger partial charge in [-0.3, -0.25) is 9.69 Å². The van der Waals surface area contributed by atoms with Crippen LogP contribution in [-0.2, 0) is 14.9 Å². The van der Waals surface area contributed by atoms with E-state index in [1.807, 2.05) is 0 Å². The maximum absolute atomic E-state index is 13.2. The van der Waals surface area contributed by atoms with E-state index >= 15 is 0 Å². The number of amides is 1. The third-order valence-corrected chi connectivity index (χ3v) is 5.98. The highest BCUT2D eigenvalue weighted by atomic mass is 19.1. The predicted molar refractivity (Wildman–Crippen MR) is 93.9 cm³/mol. The molecule has 2 heterocycles. The average Bonchev–Trinajstić information content (AvgIpc) is 3.45. The van der Waals surface area contributed by atoms with Gasteiger partial charge in [0, 0.05) is 32.7 Å². The Morgan fingerprint density at radius 3 is 2.56 bits per heavy atom. The van der Waals surface area contributed by atoms with Gasteiger partial charge in [-0.15, -0.1) is 0 Å². The minimum atomic E-state index is -0.380. The van der Waals surface area contributed by atoms with Crippen molar-refractivity contribution in [2.24, 2.45) is 5.92 Å². The second-order valence-electron chi connectivity index (χ2n) is 7.76. The summed E-state index contributed by atoms with van der Waals surface area (Å²) in [7, 11) is 0. The van der Waals surface area contributed by atoms with Crippen LogP contribution in [0.4, 0.5) is 4.39 Å². The Hall–Kier alpha value is -1.46. The number of halogens is 1. The highest BCUT2D eigenvalue weighted by molar-refractivity contribution is 5.91. The molecule has 2 saturated heterocycles. The summed E-state index contributed by atoms with van der Waals surface area (Å²) in [5, 5.41) is 0. The van der Waals surface area contributed by atoms with Gasteiger partial charge in [0.25, 0.3) is 0 Å². The fourth-order valence-electron chi connectivity index (χ4n) is 4.37. The van der Waals surface area contributed by atoms with Crippen molar-refractivity contribution in [1.82, 2.24) is 9.80 Å². The van der Waals surface area contributed by atoms with Gasteiger partial charge in [0.1, 0.15) is 5.82 Å². The highest BCUT2D eigenvalue weighted by Gasteiger charge is 2.53. The molecule has 0 bridgehead atoms. The molecule has 0 aromatic heterocycles. The van der Waals surface area contributed by atoms with Gasteiger partial charge in [0.05, 0.1) is 18.6 Å². The van der Waals surface area contributed by atoms with Crippen LogP contribution in [0.15, 0.2) is 24.3 Å². The van der Waals surface area contributed by atoms with Gasteiger partial charge in [-0.2, -0.15) is 0 Å². The molecule has 136 valence electrons. The molecule has 5 heteroatoms. The maximum atomic E-state index is 13.2. The van der Waals surface area contributed by atoms with Gasteiger partial charge >= 0.3 is 0 Å². The quantitative estimate of drug-likeness (QED) is 0.839. The van der Waals surface area contributed by atoms with Crippen LogP contribution in [0.2, 0.25) is 0 Å². The summed E-state index contributed by atoms with van der Waals surface area (Å²) < 4.78 is 18.6. The van der Waals surface area contributed by atoms with E-state index in [-0.39, 0.29) is 17.1 Å². The molecule has 1 saturated carbocycles. The van der Waals surface area contributed by atoms with E-state index in [9.17, 15) is 9.18 Å². The number of hydrogen-bond acceptors (Lipinski definition) is 3. The van der Waals surface area contributed by atoms with Gasteiger partial charge in [-0.05, 0) is 49.3 Å². The largest absolute Gasteiger partial charge is 0.379 e. The van der Waals surface area contributed by atoms with E-state index in [0.717, 1.165) is 70.8 Å². The number of ether oxygens (including phenoxy) is 1. The number of piperidine rings is 1. The van der Waals surface area contributed by atoms with Gasteiger partial charge in [0.15, 0.2) is 0 Å². The average molecular weight is 346 g/mol. The third kappa shape index (κ3) is 3.58. The lowest BCUT2D eigenvalue weighted by Crippen LogP contribution is -2.48. The summed E-state index contributed by atoms with van der Waals surface area (Å²) in [6, 6.07) is 6.52. The first kappa shape index (κ1) is 17.0. The Morgan fingerprint density at radius 2 is 1.88 bits per heavy atom. The molecule has 1 aromatic rings. The van der Waals surface area contributed by atoms with Crippen LogP contribution in [0.3, 0.4) is 0 Å². The summed E-state index contributed by atoms with van der Waals surface area (Å²) >= 11 is 0. The first-order valence-corrected chi connectivity index (χ1v) is 9.53. The summed E-state index contributed by atoms with van der Waals surface area (Å²) in [4.78, 5) is 17.7. The van der Waals surface area contributed by atoms with Gasteiger partial charge < -0.3 is 9.64 Å². The third-order valence-electron chi connectivity index (χ3n) is 5.98. The van der Waals surface area contributed by atoms with Crippen LogP contribution in [0.25, 0.3) is 0 Å². The number of rotatable bonds is 4. The van der Waals surface area contributed by atoms with Crippen molar-refractivity contribution in [3.8, 4) is 0 Å². The van der Waals surface area contributed by atoms with Crippen LogP contribution in [-0.4, -0.2) is 61.6 Å². The van der Waals surface area contributed by atoms with Gasteiger partial charge in [-0.1, -0.05) is 12.1 Å². The molecule has 4 rings (SSSR count). The zero-order chi connectivity index (χ0) is 17.3. The van der Waals surface area contributed by atoms with Crippen molar-refractivity contribution in [1.29, 1.82) is 0 Å². The molecular formula is C20H27FN2O2. The maximum Gasteiger partial charge on any atom is 0.233 e. The summed E-state index contributed by atoms with van der Waals surface area (Å²) in [5.74, 6) is 0.571. The van der Waals surface area contributed by atoms with Crippen molar-refractivity contribution < 1.29 is 13.9 Å². The van der Waals surface area contributed by atoms with Crippen molar-refractivity contribution >= 4 is 5.91 Å². The first-order chi connectivity index (χ1) is 12.2. The minimum absolute atomic E-state index is 0.240. The van der Waals surface area contributed by atoms with Crippen molar-refractivity contribution in [2.45, 2.75) is 31.1 Å². The van der Waals surface area contributed by atoms with E-state index in [4.69, 9.17) is 4.74 Å². The molecule has 3 aliphatic rings. The Kier molecular flexibility index (Phi) is 4.78. The number of hydrogen-bond donors (Lipinski definition) is 0. The number of carbonyl (C=O) groups is 1. The van der Waals surface area contributed by atoms with E-state index in [2.05, 4.69) is 9.80 Å². The Morgan fingerprint density at radius 1 is 1.16 bits per heavy atom. The number of likely N-dealkylation sites (tertiary alicyclic amines) is 1. The minimum Gasteiger partial charge on any atom is -0.379 e. The standard InChI is InChI=1S/C20H27FN2O2/c21-18-5-3-17(4-6-18)20(7-8-20)19(24)23-9-1-2-16(15-23)14-22-10-12-25-13-11-22/h3-6,16H,1-2,7-15H2/t16-/m0/s1. The summed E-state index contributed by atoms with van der Waals surface area (Å²) in [6.07, 6.45) is 4.06. The Labute approximate surface area is 148 Å². The lowest BCUT2D eigenvalue weighted by Gasteiger charge is -2.38. The van der Waals surface area contributed by atoms with E-state index in [1.165, 1.54) is 18.6 Å². The van der Waals surface area contributed by atoms with Crippen LogP contribution in [0.1, 0.15) is 31.2 Å². The Balaban J connectivity index is 1.40. The molecule has 0 spiro atoms. The molecular weight excluding hydrogens is 319 g/mol. The molecule has 0 unspecified atom stereocenters. The normalized spacial score (nSPS) is 26.4. The molecule has 2 aliphatic heterocycles. The van der Waals surface area contributed by atoms with E-state index in [1.54, 1.807) is 12.1 Å². The molecule has 0 radical (unpaired) electrons. The SMILES string of the molecule is O=C(N1CCC[C@@H](CN2CCOCC2)C1)C1(c2ccc(F)cc2)CC1. The fraction of sp³-hybridized carbons (Fsp3) is 0.650. The zero-order valence-electron chi connectivity index (χ0n) is 14.8. The Bertz CT molecular complexity index is 609. The first-order valence-electron chi connectivity index (χ1n) is 9.53. The van der Waals surface area contributed by atoms with Crippen molar-refractivity contribution in [2.75, 3.05) is 45.9 Å². The molecule has 1 aliphatic carbocycles. The van der Waals surface area contributed by atoms with Crippen molar-refractivity contribution in [3.63, 3.8) is 0 Å². The van der Waals surface area contributed by atoms with Crippen LogP contribution < -0.4 is 0 Å². The fourth-order valence-corrected chi connectivity index (χ4v) is 4.37. The molecule has 1 amide bonds. The van der Waals surface area contributed by atoms with Crippen LogP contribution >= 0.6 is 0 Å². The molecule has 3 fully saturated rings. The second kappa shape index (κ2) is 7.04. The van der Waals surface area contributed by atoms with E-state index in [0.29, 0.717) is 5.92 Å². The monoisotopic (exact) mass is 346 g/mol. The zero-order valence-corrected chi connectivity index (χ0v) is 14.8. The number of carbonyl (C=O) groups excluding carboxylic acids is 1. The number of benzene rings is 1. The second-order valence-corrected chi connectivity index (χ2v) is 7.76. The van der Waals surface area contributed by atoms with Crippen molar-refractivity contribution in [3.05, 3.63) is 35.6 Å². The van der Waals surface area contributed by atoms with Crippen LogP contribution in [0, 0.1) is 11.7 Å². The molecule has 0 N–H and O–H groups in total. The van der Waals surface area contributed by atoms with Gasteiger partial charge in [0.2, 0.25) is 5.91 Å². The highest BCUT2D eigenvalue weighted by Crippen LogP contribution is 2.50.